The molecular weight excluding hydrogens is 284 g/mol. The Labute approximate surface area is 129 Å². The quantitative estimate of drug-likeness (QED) is 0.364. The summed E-state index contributed by atoms with van der Waals surface area (Å²) in [6.07, 6.45) is 5.72. The predicted molar refractivity (Wildman–Crippen MR) is 84.5 cm³/mol. The van der Waals surface area contributed by atoms with Crippen molar-refractivity contribution >= 4 is 5.97 Å². The highest BCUT2D eigenvalue weighted by molar-refractivity contribution is 5.94. The van der Waals surface area contributed by atoms with Crippen LogP contribution in [-0.2, 0) is 6.42 Å². The molecule has 0 fully saturated rings. The van der Waals surface area contributed by atoms with E-state index < -0.39 is 23.2 Å². The van der Waals surface area contributed by atoms with E-state index in [0.717, 1.165) is 24.5 Å². The summed E-state index contributed by atoms with van der Waals surface area (Å²) in [5, 5.41) is 38.2. The fraction of sp³-hybridized carbons (Fsp3) is 0.353. The van der Waals surface area contributed by atoms with Gasteiger partial charge in [-0.05, 0) is 40.0 Å². The van der Waals surface area contributed by atoms with Crippen molar-refractivity contribution < 1.29 is 25.2 Å². The molecule has 0 heterocycles. The summed E-state index contributed by atoms with van der Waals surface area (Å²) >= 11 is 0. The number of rotatable bonds is 6. The lowest BCUT2D eigenvalue weighted by Gasteiger charge is -2.11. The molecule has 5 heteroatoms. The van der Waals surface area contributed by atoms with E-state index in [-0.39, 0.29) is 17.5 Å². The van der Waals surface area contributed by atoms with Crippen molar-refractivity contribution in [3.8, 4) is 17.2 Å². The Bertz CT molecular complexity index is 622. The van der Waals surface area contributed by atoms with Gasteiger partial charge in [0.05, 0.1) is 0 Å². The van der Waals surface area contributed by atoms with Gasteiger partial charge in [0.25, 0.3) is 0 Å². The van der Waals surface area contributed by atoms with Crippen LogP contribution in [0.1, 0.15) is 49.5 Å². The van der Waals surface area contributed by atoms with Gasteiger partial charge in [0.2, 0.25) is 0 Å². The van der Waals surface area contributed by atoms with Crippen LogP contribution < -0.4 is 0 Å². The van der Waals surface area contributed by atoms with Crippen molar-refractivity contribution in [2.75, 3.05) is 0 Å². The number of hydrogen-bond donors (Lipinski definition) is 4. The summed E-state index contributed by atoms with van der Waals surface area (Å²) in [5.74, 6) is -2.96. The van der Waals surface area contributed by atoms with Crippen LogP contribution in [0.25, 0.3) is 0 Å². The molecule has 0 spiro atoms. The highest BCUT2D eigenvalue weighted by atomic mass is 16.4. The lowest BCUT2D eigenvalue weighted by Crippen LogP contribution is -2.03. The van der Waals surface area contributed by atoms with Crippen LogP contribution in [0.3, 0.4) is 0 Å². The van der Waals surface area contributed by atoms with E-state index in [1.165, 1.54) is 5.57 Å². The van der Waals surface area contributed by atoms with Crippen molar-refractivity contribution in [3.63, 3.8) is 0 Å². The third-order valence-corrected chi connectivity index (χ3v) is 3.32. The van der Waals surface area contributed by atoms with Gasteiger partial charge in [-0.25, -0.2) is 4.79 Å². The third kappa shape index (κ3) is 4.55. The van der Waals surface area contributed by atoms with Crippen LogP contribution in [0.5, 0.6) is 17.2 Å². The van der Waals surface area contributed by atoms with E-state index >= 15 is 0 Å². The van der Waals surface area contributed by atoms with Crippen molar-refractivity contribution in [1.82, 2.24) is 0 Å². The molecule has 1 rings (SSSR count). The first-order valence-corrected chi connectivity index (χ1v) is 7.03. The third-order valence-electron chi connectivity index (χ3n) is 3.32. The first-order valence-electron chi connectivity index (χ1n) is 7.03. The molecule has 0 unspecified atom stereocenters. The van der Waals surface area contributed by atoms with Gasteiger partial charge in [0, 0.05) is 11.6 Å². The second kappa shape index (κ2) is 7.54. The zero-order valence-corrected chi connectivity index (χ0v) is 13.1. The highest BCUT2D eigenvalue weighted by Crippen LogP contribution is 2.38. The molecule has 0 radical (unpaired) electrons. The molecule has 0 aliphatic rings. The first kappa shape index (κ1) is 17.6. The van der Waals surface area contributed by atoms with Crippen LogP contribution in [0.2, 0.25) is 0 Å². The maximum atomic E-state index is 11.2. The lowest BCUT2D eigenvalue weighted by atomic mass is 9.99. The minimum atomic E-state index is -1.35. The molecule has 1 aromatic rings. The monoisotopic (exact) mass is 306 g/mol. The predicted octanol–water partition coefficient (Wildman–Crippen LogP) is 3.74. The Kier molecular flexibility index (Phi) is 6.04. The lowest BCUT2D eigenvalue weighted by molar-refractivity contribution is 0.0692. The van der Waals surface area contributed by atoms with E-state index in [0.29, 0.717) is 0 Å². The molecule has 0 aromatic heterocycles. The molecule has 4 N–H and O–H groups in total. The molecule has 0 atom stereocenters. The normalized spacial score (nSPS) is 11.3. The summed E-state index contributed by atoms with van der Waals surface area (Å²) < 4.78 is 0. The van der Waals surface area contributed by atoms with Crippen LogP contribution >= 0.6 is 0 Å². The molecule has 0 saturated heterocycles. The Hall–Kier alpha value is -2.43. The van der Waals surface area contributed by atoms with Gasteiger partial charge >= 0.3 is 5.97 Å². The van der Waals surface area contributed by atoms with Crippen LogP contribution in [0.15, 0.2) is 29.4 Å². The molecular formula is C17H22O5. The number of phenols is 3. The van der Waals surface area contributed by atoms with Crippen molar-refractivity contribution in [3.05, 3.63) is 40.5 Å². The summed E-state index contributed by atoms with van der Waals surface area (Å²) in [6, 6.07) is 0.827. The number of allylic oxidation sites excluding steroid dienone is 4. The summed E-state index contributed by atoms with van der Waals surface area (Å²) in [4.78, 5) is 11.2. The maximum Gasteiger partial charge on any atom is 0.339 e. The molecule has 0 amide bonds. The Morgan fingerprint density at radius 2 is 1.73 bits per heavy atom. The van der Waals surface area contributed by atoms with Crippen LogP contribution in [0, 0.1) is 0 Å². The molecule has 5 nitrogen and oxygen atoms in total. The van der Waals surface area contributed by atoms with Gasteiger partial charge < -0.3 is 20.4 Å². The first-order chi connectivity index (χ1) is 10.2. The van der Waals surface area contributed by atoms with E-state index in [1.807, 2.05) is 20.8 Å². The Balaban J connectivity index is 3.02. The number of benzene rings is 1. The summed E-state index contributed by atoms with van der Waals surface area (Å²) in [7, 11) is 0. The highest BCUT2D eigenvalue weighted by Gasteiger charge is 2.21. The number of aromatic hydroxyl groups is 3. The summed E-state index contributed by atoms with van der Waals surface area (Å²) in [6.45, 7) is 5.95. The minimum Gasteiger partial charge on any atom is -0.507 e. The van der Waals surface area contributed by atoms with Gasteiger partial charge in [-0.3, -0.25) is 0 Å². The number of carbonyl (C=O) groups is 1. The Morgan fingerprint density at radius 3 is 2.27 bits per heavy atom. The second-order valence-corrected chi connectivity index (χ2v) is 5.50. The van der Waals surface area contributed by atoms with Gasteiger partial charge in [-0.1, -0.05) is 23.3 Å². The number of aromatic carboxylic acids is 1. The van der Waals surface area contributed by atoms with Crippen molar-refractivity contribution in [2.45, 2.75) is 40.0 Å². The minimum absolute atomic E-state index is 0.00608. The molecule has 22 heavy (non-hydrogen) atoms. The molecule has 0 saturated carbocycles. The van der Waals surface area contributed by atoms with E-state index in [2.05, 4.69) is 6.08 Å². The van der Waals surface area contributed by atoms with E-state index in [9.17, 15) is 20.1 Å². The maximum absolute atomic E-state index is 11.2. The standard InChI is InChI=1S/C17H22O5/c1-10(2)5-4-6-11(3)7-8-12-15(17(21)22)13(18)9-14(19)16(12)20/h5,7,9,18-20H,4,6,8H2,1-3H3,(H,21,22)/b11-7+. The van der Waals surface area contributed by atoms with Crippen molar-refractivity contribution in [1.29, 1.82) is 0 Å². The summed E-state index contributed by atoms with van der Waals surface area (Å²) in [5.41, 5.74) is 1.89. The fourth-order valence-electron chi connectivity index (χ4n) is 2.10. The van der Waals surface area contributed by atoms with Crippen molar-refractivity contribution in [2.24, 2.45) is 0 Å². The average molecular weight is 306 g/mol. The van der Waals surface area contributed by atoms with Gasteiger partial charge in [-0.2, -0.15) is 0 Å². The molecule has 0 aliphatic heterocycles. The SMILES string of the molecule is CC(C)=CCC/C(C)=C/Cc1c(O)c(O)cc(O)c1C(=O)O. The number of hydrogen-bond acceptors (Lipinski definition) is 4. The van der Waals surface area contributed by atoms with Gasteiger partial charge in [0.15, 0.2) is 11.5 Å². The number of carboxylic acids is 1. The molecule has 0 aliphatic carbocycles. The average Bonchev–Trinajstić information content (AvgIpc) is 2.40. The van der Waals surface area contributed by atoms with Gasteiger partial charge in [-0.15, -0.1) is 0 Å². The second-order valence-electron chi connectivity index (χ2n) is 5.50. The molecule has 1 aromatic carbocycles. The van der Waals surface area contributed by atoms with Crippen LogP contribution in [0.4, 0.5) is 0 Å². The van der Waals surface area contributed by atoms with Gasteiger partial charge in [0.1, 0.15) is 11.3 Å². The number of phenolic OH excluding ortho intramolecular Hbond substituents is 2. The smallest absolute Gasteiger partial charge is 0.339 e. The molecule has 120 valence electrons. The number of carboxylic acid groups (broad SMARTS) is 1. The zero-order valence-electron chi connectivity index (χ0n) is 13.1. The van der Waals surface area contributed by atoms with E-state index in [1.54, 1.807) is 6.08 Å². The zero-order chi connectivity index (χ0) is 16.9. The topological polar surface area (TPSA) is 98.0 Å². The van der Waals surface area contributed by atoms with Crippen LogP contribution in [-0.4, -0.2) is 26.4 Å². The largest absolute Gasteiger partial charge is 0.507 e. The van der Waals surface area contributed by atoms with E-state index in [4.69, 9.17) is 5.11 Å². The Morgan fingerprint density at radius 1 is 1.09 bits per heavy atom. The fourth-order valence-corrected chi connectivity index (χ4v) is 2.10. The molecule has 0 bridgehead atoms.